The lowest BCUT2D eigenvalue weighted by Gasteiger charge is -2.06. The van der Waals surface area contributed by atoms with Crippen molar-refractivity contribution in [3.63, 3.8) is 0 Å². The van der Waals surface area contributed by atoms with Gasteiger partial charge in [0.25, 0.3) is 0 Å². The van der Waals surface area contributed by atoms with Crippen LogP contribution in [-0.2, 0) is 6.42 Å². The van der Waals surface area contributed by atoms with Gasteiger partial charge in [-0.15, -0.1) is 0 Å². The Hall–Kier alpha value is -3.38. The van der Waals surface area contributed by atoms with E-state index in [1.165, 1.54) is 33.9 Å². The Labute approximate surface area is 162 Å². The average Bonchev–Trinajstić information content (AvgIpc) is 2.72. The number of hydrogen-bond acceptors (Lipinski definition) is 1. The predicted octanol–water partition coefficient (Wildman–Crippen LogP) is 6.56. The maximum Gasteiger partial charge on any atom is 0.387 e. The van der Waals surface area contributed by atoms with E-state index in [1.54, 1.807) is 12.1 Å². The van der Waals surface area contributed by atoms with Gasteiger partial charge in [-0.1, -0.05) is 55.2 Å². The van der Waals surface area contributed by atoms with E-state index in [0.717, 1.165) is 22.9 Å². The fourth-order valence-corrected chi connectivity index (χ4v) is 3.28. The third-order valence-corrected chi connectivity index (χ3v) is 4.74. The molecule has 0 aromatic heterocycles. The van der Waals surface area contributed by atoms with Gasteiger partial charge in [0.15, 0.2) is 0 Å². The molecule has 138 valence electrons. The Kier molecular flexibility index (Phi) is 4.95. The molecule has 0 atom stereocenters. The monoisotopic (exact) mass is 372 g/mol. The second-order valence-electron chi connectivity index (χ2n) is 6.56. The van der Waals surface area contributed by atoms with Crippen molar-refractivity contribution < 1.29 is 13.5 Å². The molecule has 0 radical (unpaired) electrons. The Morgan fingerprint density at radius 3 is 2.04 bits per heavy atom. The van der Waals surface area contributed by atoms with Crippen LogP contribution in [0.15, 0.2) is 72.8 Å². The van der Waals surface area contributed by atoms with Crippen LogP contribution < -0.4 is 4.74 Å². The maximum absolute atomic E-state index is 12.2. The molecule has 0 aliphatic rings. The standard InChI is InChI=1S/C25H18F2O/c1-2-17-7-13-23-20(15-17)9-10-21-16-19(8-14-24(21)23)4-3-18-5-11-22(12-6-18)28-25(26)27/h5-16,25H,2H2,1H3. The third kappa shape index (κ3) is 3.82. The molecule has 4 aromatic carbocycles. The van der Waals surface area contributed by atoms with E-state index in [9.17, 15) is 8.78 Å². The van der Waals surface area contributed by atoms with Crippen molar-refractivity contribution in [3.05, 3.63) is 89.5 Å². The van der Waals surface area contributed by atoms with Gasteiger partial charge < -0.3 is 4.74 Å². The Bertz CT molecular complexity index is 1200. The minimum absolute atomic E-state index is 0.129. The van der Waals surface area contributed by atoms with E-state index in [2.05, 4.69) is 66.0 Å². The van der Waals surface area contributed by atoms with Crippen LogP contribution in [0.5, 0.6) is 5.75 Å². The van der Waals surface area contributed by atoms with Gasteiger partial charge in [-0.2, -0.15) is 8.78 Å². The van der Waals surface area contributed by atoms with Gasteiger partial charge in [0.2, 0.25) is 0 Å². The fourth-order valence-electron chi connectivity index (χ4n) is 3.28. The van der Waals surface area contributed by atoms with Crippen molar-refractivity contribution in [2.75, 3.05) is 0 Å². The van der Waals surface area contributed by atoms with Crippen LogP contribution in [0.1, 0.15) is 23.6 Å². The molecule has 0 aliphatic heterocycles. The second-order valence-corrected chi connectivity index (χ2v) is 6.56. The summed E-state index contributed by atoms with van der Waals surface area (Å²) >= 11 is 0. The fraction of sp³-hybridized carbons (Fsp3) is 0.120. The first-order valence-electron chi connectivity index (χ1n) is 9.15. The van der Waals surface area contributed by atoms with Crippen LogP contribution in [0.25, 0.3) is 21.5 Å². The van der Waals surface area contributed by atoms with Crippen molar-refractivity contribution in [2.24, 2.45) is 0 Å². The first kappa shape index (κ1) is 18.0. The van der Waals surface area contributed by atoms with Gasteiger partial charge in [0.05, 0.1) is 0 Å². The van der Waals surface area contributed by atoms with Gasteiger partial charge >= 0.3 is 6.61 Å². The molecule has 0 amide bonds. The molecule has 0 fully saturated rings. The first-order valence-corrected chi connectivity index (χ1v) is 9.15. The van der Waals surface area contributed by atoms with Gasteiger partial charge in [-0.25, -0.2) is 0 Å². The van der Waals surface area contributed by atoms with Crippen molar-refractivity contribution in [3.8, 4) is 17.6 Å². The summed E-state index contributed by atoms with van der Waals surface area (Å²) in [5.41, 5.74) is 2.98. The first-order chi connectivity index (χ1) is 13.6. The van der Waals surface area contributed by atoms with Crippen LogP contribution in [0.4, 0.5) is 8.78 Å². The smallest absolute Gasteiger partial charge is 0.387 e. The summed E-state index contributed by atoms with van der Waals surface area (Å²) in [6.07, 6.45) is 1.03. The molecule has 0 spiro atoms. The topological polar surface area (TPSA) is 9.23 Å². The van der Waals surface area contributed by atoms with Crippen molar-refractivity contribution in [1.29, 1.82) is 0 Å². The summed E-state index contributed by atoms with van der Waals surface area (Å²) in [6, 6.07) is 23.4. The molecular formula is C25H18F2O. The lowest BCUT2D eigenvalue weighted by molar-refractivity contribution is -0.0498. The molecule has 4 aromatic rings. The molecular weight excluding hydrogens is 354 g/mol. The molecule has 0 unspecified atom stereocenters. The molecule has 1 nitrogen and oxygen atoms in total. The van der Waals surface area contributed by atoms with Crippen LogP contribution in [-0.4, -0.2) is 6.61 Å². The number of rotatable bonds is 3. The Morgan fingerprint density at radius 1 is 0.750 bits per heavy atom. The van der Waals surface area contributed by atoms with E-state index in [-0.39, 0.29) is 5.75 Å². The SMILES string of the molecule is CCc1ccc2c(ccc3cc(C#Cc4ccc(OC(F)F)cc4)ccc32)c1. The van der Waals surface area contributed by atoms with Gasteiger partial charge in [0, 0.05) is 11.1 Å². The molecule has 0 heterocycles. The highest BCUT2D eigenvalue weighted by Gasteiger charge is 2.04. The predicted molar refractivity (Wildman–Crippen MR) is 110 cm³/mol. The van der Waals surface area contributed by atoms with Crippen molar-refractivity contribution >= 4 is 21.5 Å². The minimum Gasteiger partial charge on any atom is -0.435 e. The number of ether oxygens (including phenoxy) is 1. The maximum atomic E-state index is 12.2. The van der Waals surface area contributed by atoms with E-state index in [1.807, 2.05) is 6.07 Å². The zero-order chi connectivity index (χ0) is 19.5. The molecule has 0 N–H and O–H groups in total. The molecule has 0 saturated heterocycles. The summed E-state index contributed by atoms with van der Waals surface area (Å²) in [5, 5.41) is 4.84. The second kappa shape index (κ2) is 7.70. The van der Waals surface area contributed by atoms with E-state index in [4.69, 9.17) is 0 Å². The van der Waals surface area contributed by atoms with Crippen LogP contribution in [0.2, 0.25) is 0 Å². The van der Waals surface area contributed by atoms with E-state index in [0.29, 0.717) is 0 Å². The summed E-state index contributed by atoms with van der Waals surface area (Å²) in [5.74, 6) is 6.34. The highest BCUT2D eigenvalue weighted by atomic mass is 19.3. The summed E-state index contributed by atoms with van der Waals surface area (Å²) in [7, 11) is 0. The number of hydrogen-bond donors (Lipinski definition) is 0. The van der Waals surface area contributed by atoms with Gasteiger partial charge in [-0.3, -0.25) is 0 Å². The third-order valence-electron chi connectivity index (χ3n) is 4.74. The number of benzene rings is 4. The van der Waals surface area contributed by atoms with Gasteiger partial charge in [-0.05, 0) is 69.9 Å². The molecule has 0 aliphatic carbocycles. The summed E-state index contributed by atoms with van der Waals surface area (Å²) in [6.45, 7) is -0.661. The lowest BCUT2D eigenvalue weighted by Crippen LogP contribution is -2.01. The highest BCUT2D eigenvalue weighted by Crippen LogP contribution is 2.27. The number of alkyl halides is 2. The molecule has 4 rings (SSSR count). The average molecular weight is 372 g/mol. The zero-order valence-electron chi connectivity index (χ0n) is 15.4. The van der Waals surface area contributed by atoms with E-state index < -0.39 is 6.61 Å². The Balaban J connectivity index is 1.63. The number of aryl methyl sites for hydroxylation is 1. The number of halogens is 2. The zero-order valence-corrected chi connectivity index (χ0v) is 15.4. The van der Waals surface area contributed by atoms with Crippen LogP contribution >= 0.6 is 0 Å². The molecule has 3 heteroatoms. The normalized spacial score (nSPS) is 10.9. The quantitative estimate of drug-likeness (QED) is 0.292. The minimum atomic E-state index is -2.82. The summed E-state index contributed by atoms with van der Waals surface area (Å²) < 4.78 is 28.8. The van der Waals surface area contributed by atoms with Crippen molar-refractivity contribution in [1.82, 2.24) is 0 Å². The summed E-state index contributed by atoms with van der Waals surface area (Å²) in [4.78, 5) is 0. The van der Waals surface area contributed by atoms with E-state index >= 15 is 0 Å². The van der Waals surface area contributed by atoms with Crippen molar-refractivity contribution in [2.45, 2.75) is 20.0 Å². The number of fused-ring (bicyclic) bond motifs is 3. The molecule has 0 saturated carbocycles. The molecule has 0 bridgehead atoms. The highest BCUT2D eigenvalue weighted by molar-refractivity contribution is 6.07. The van der Waals surface area contributed by atoms with Crippen LogP contribution in [0.3, 0.4) is 0 Å². The lowest BCUT2D eigenvalue weighted by atomic mass is 9.98. The van der Waals surface area contributed by atoms with Gasteiger partial charge in [0.1, 0.15) is 5.75 Å². The Morgan fingerprint density at radius 2 is 1.36 bits per heavy atom. The largest absolute Gasteiger partial charge is 0.435 e. The molecule has 28 heavy (non-hydrogen) atoms. The van der Waals surface area contributed by atoms with Crippen LogP contribution in [0, 0.1) is 11.8 Å².